The Bertz CT molecular complexity index is 409. The summed E-state index contributed by atoms with van der Waals surface area (Å²) in [4.78, 5) is 0. The highest BCUT2D eigenvalue weighted by molar-refractivity contribution is 7.98. The molecule has 98 valence electrons. The molecule has 3 heteroatoms. The minimum Gasteiger partial charge on any atom is -0.378 e. The molecule has 0 amide bonds. The summed E-state index contributed by atoms with van der Waals surface area (Å²) in [6.07, 6.45) is 1.62. The first-order valence-electron chi connectivity index (χ1n) is 6.85. The van der Waals surface area contributed by atoms with Crippen molar-refractivity contribution in [3.63, 3.8) is 0 Å². The number of benzene rings is 1. The molecule has 3 rings (SSSR count). The van der Waals surface area contributed by atoms with E-state index in [1.807, 2.05) is 11.8 Å². The molecular weight excluding hydrogens is 242 g/mol. The van der Waals surface area contributed by atoms with Crippen LogP contribution < -0.4 is 5.32 Å². The standard InChI is InChI=1S/C15H21NOS/c1-11-12(6-7-17-11)8-16-15-10-18-9-13-4-2-3-5-14(13)15/h2-5,11-12,15-16H,6-10H2,1H3. The number of fused-ring (bicyclic) bond motifs is 1. The van der Waals surface area contributed by atoms with Crippen LogP contribution in [0, 0.1) is 5.92 Å². The summed E-state index contributed by atoms with van der Waals surface area (Å²) in [5.41, 5.74) is 3.00. The molecule has 18 heavy (non-hydrogen) atoms. The Balaban J connectivity index is 1.64. The van der Waals surface area contributed by atoms with E-state index in [1.54, 1.807) is 0 Å². The van der Waals surface area contributed by atoms with E-state index >= 15 is 0 Å². The SMILES string of the molecule is CC1OCCC1CNC1CSCc2ccccc21. The van der Waals surface area contributed by atoms with Crippen molar-refractivity contribution in [2.24, 2.45) is 5.92 Å². The maximum atomic E-state index is 5.63. The van der Waals surface area contributed by atoms with E-state index in [2.05, 4.69) is 36.5 Å². The van der Waals surface area contributed by atoms with Gasteiger partial charge in [0.1, 0.15) is 0 Å². The molecule has 0 radical (unpaired) electrons. The molecule has 3 atom stereocenters. The molecule has 1 N–H and O–H groups in total. The van der Waals surface area contributed by atoms with Crippen molar-refractivity contribution in [2.75, 3.05) is 18.9 Å². The third-order valence-electron chi connectivity index (χ3n) is 4.13. The van der Waals surface area contributed by atoms with E-state index in [9.17, 15) is 0 Å². The van der Waals surface area contributed by atoms with Crippen molar-refractivity contribution in [1.82, 2.24) is 5.32 Å². The first-order chi connectivity index (χ1) is 8.84. The molecule has 0 aromatic heterocycles. The predicted molar refractivity (Wildman–Crippen MR) is 76.9 cm³/mol. The van der Waals surface area contributed by atoms with Gasteiger partial charge in [-0.15, -0.1) is 0 Å². The molecule has 2 heterocycles. The fourth-order valence-electron chi connectivity index (χ4n) is 2.89. The Labute approximate surface area is 113 Å². The summed E-state index contributed by atoms with van der Waals surface area (Å²) >= 11 is 2.04. The number of rotatable bonds is 3. The summed E-state index contributed by atoms with van der Waals surface area (Å²) < 4.78 is 5.63. The zero-order chi connectivity index (χ0) is 12.4. The van der Waals surface area contributed by atoms with Crippen LogP contribution in [0.3, 0.4) is 0 Å². The highest BCUT2D eigenvalue weighted by atomic mass is 32.2. The largest absolute Gasteiger partial charge is 0.378 e. The molecule has 0 saturated carbocycles. The first kappa shape index (κ1) is 12.5. The van der Waals surface area contributed by atoms with Crippen LogP contribution in [-0.2, 0) is 10.5 Å². The lowest BCUT2D eigenvalue weighted by atomic mass is 9.99. The molecule has 1 saturated heterocycles. The summed E-state index contributed by atoms with van der Waals surface area (Å²) in [6, 6.07) is 9.37. The summed E-state index contributed by atoms with van der Waals surface area (Å²) in [5, 5.41) is 3.75. The van der Waals surface area contributed by atoms with Gasteiger partial charge in [-0.05, 0) is 30.4 Å². The van der Waals surface area contributed by atoms with Crippen LogP contribution in [0.4, 0.5) is 0 Å². The fourth-order valence-corrected chi connectivity index (χ4v) is 4.02. The van der Waals surface area contributed by atoms with Gasteiger partial charge in [0, 0.05) is 30.7 Å². The Morgan fingerprint density at radius 2 is 2.28 bits per heavy atom. The van der Waals surface area contributed by atoms with Gasteiger partial charge in [-0.1, -0.05) is 24.3 Å². The van der Waals surface area contributed by atoms with Crippen LogP contribution in [0.25, 0.3) is 0 Å². The lowest BCUT2D eigenvalue weighted by Gasteiger charge is -2.27. The van der Waals surface area contributed by atoms with Crippen molar-refractivity contribution < 1.29 is 4.74 Å². The van der Waals surface area contributed by atoms with E-state index in [4.69, 9.17) is 4.74 Å². The van der Waals surface area contributed by atoms with Gasteiger partial charge in [0.15, 0.2) is 0 Å². The molecule has 1 aromatic carbocycles. The number of hydrogen-bond donors (Lipinski definition) is 1. The zero-order valence-electron chi connectivity index (χ0n) is 10.9. The average Bonchev–Trinajstić information content (AvgIpc) is 2.82. The normalized spacial score (nSPS) is 31.3. The monoisotopic (exact) mass is 263 g/mol. The van der Waals surface area contributed by atoms with Crippen LogP contribution >= 0.6 is 11.8 Å². The van der Waals surface area contributed by atoms with Crippen LogP contribution in [0.15, 0.2) is 24.3 Å². The van der Waals surface area contributed by atoms with Crippen molar-refractivity contribution >= 4 is 11.8 Å². The molecule has 1 fully saturated rings. The Kier molecular flexibility index (Phi) is 3.92. The van der Waals surface area contributed by atoms with Gasteiger partial charge >= 0.3 is 0 Å². The van der Waals surface area contributed by atoms with Crippen molar-refractivity contribution in [1.29, 1.82) is 0 Å². The third kappa shape index (κ3) is 2.58. The molecule has 0 bridgehead atoms. The molecule has 0 spiro atoms. The number of nitrogens with one attached hydrogen (secondary N) is 1. The predicted octanol–water partition coefficient (Wildman–Crippen LogP) is 2.99. The first-order valence-corrected chi connectivity index (χ1v) is 8.00. The Morgan fingerprint density at radius 1 is 1.39 bits per heavy atom. The number of hydrogen-bond acceptors (Lipinski definition) is 3. The molecule has 0 aliphatic carbocycles. The third-order valence-corrected chi connectivity index (χ3v) is 5.22. The lowest BCUT2D eigenvalue weighted by molar-refractivity contribution is 0.105. The zero-order valence-corrected chi connectivity index (χ0v) is 11.7. The van der Waals surface area contributed by atoms with Gasteiger partial charge in [-0.25, -0.2) is 0 Å². The molecule has 2 aliphatic rings. The van der Waals surface area contributed by atoms with E-state index in [0.717, 1.165) is 18.9 Å². The van der Waals surface area contributed by atoms with Gasteiger partial charge in [-0.3, -0.25) is 0 Å². The highest BCUT2D eigenvalue weighted by Crippen LogP contribution is 2.32. The van der Waals surface area contributed by atoms with Gasteiger partial charge in [0.25, 0.3) is 0 Å². The van der Waals surface area contributed by atoms with Crippen LogP contribution in [-0.4, -0.2) is 25.0 Å². The molecule has 2 aliphatic heterocycles. The smallest absolute Gasteiger partial charge is 0.0588 e. The molecule has 2 nitrogen and oxygen atoms in total. The Morgan fingerprint density at radius 3 is 3.11 bits per heavy atom. The second kappa shape index (κ2) is 5.64. The Hall–Kier alpha value is -0.510. The lowest BCUT2D eigenvalue weighted by Crippen LogP contribution is -2.33. The molecule has 3 unspecified atom stereocenters. The van der Waals surface area contributed by atoms with E-state index < -0.39 is 0 Å². The fraction of sp³-hybridized carbons (Fsp3) is 0.600. The van der Waals surface area contributed by atoms with Gasteiger partial charge < -0.3 is 10.1 Å². The maximum Gasteiger partial charge on any atom is 0.0588 e. The van der Waals surface area contributed by atoms with Gasteiger partial charge in [0.2, 0.25) is 0 Å². The van der Waals surface area contributed by atoms with E-state index in [0.29, 0.717) is 18.1 Å². The summed E-state index contributed by atoms with van der Waals surface area (Å²) in [6.45, 7) is 4.22. The van der Waals surface area contributed by atoms with Crippen molar-refractivity contribution in [3.05, 3.63) is 35.4 Å². The quantitative estimate of drug-likeness (QED) is 0.906. The van der Waals surface area contributed by atoms with Gasteiger partial charge in [-0.2, -0.15) is 11.8 Å². The molecule has 1 aromatic rings. The molecular formula is C15H21NOS. The van der Waals surface area contributed by atoms with Crippen LogP contribution in [0.5, 0.6) is 0 Å². The highest BCUT2D eigenvalue weighted by Gasteiger charge is 2.26. The van der Waals surface area contributed by atoms with Crippen molar-refractivity contribution in [2.45, 2.75) is 31.2 Å². The van der Waals surface area contributed by atoms with Crippen molar-refractivity contribution in [3.8, 4) is 0 Å². The minimum absolute atomic E-state index is 0.420. The maximum absolute atomic E-state index is 5.63. The number of thioether (sulfide) groups is 1. The van der Waals surface area contributed by atoms with E-state index in [-0.39, 0.29) is 0 Å². The van der Waals surface area contributed by atoms with Gasteiger partial charge in [0.05, 0.1) is 6.10 Å². The number of ether oxygens (including phenoxy) is 1. The average molecular weight is 263 g/mol. The second-order valence-corrected chi connectivity index (χ2v) is 6.33. The topological polar surface area (TPSA) is 21.3 Å². The minimum atomic E-state index is 0.420. The van der Waals surface area contributed by atoms with E-state index in [1.165, 1.54) is 23.3 Å². The van der Waals surface area contributed by atoms with Crippen LogP contribution in [0.1, 0.15) is 30.5 Å². The second-order valence-electron chi connectivity index (χ2n) is 5.30. The summed E-state index contributed by atoms with van der Waals surface area (Å²) in [7, 11) is 0. The van der Waals surface area contributed by atoms with Crippen LogP contribution in [0.2, 0.25) is 0 Å². The summed E-state index contributed by atoms with van der Waals surface area (Å²) in [5.74, 6) is 3.04.